The number of carbonyl (C=O) groups excluding carboxylic acids is 4. The molecule has 202 valence electrons. The average Bonchev–Trinajstić information content (AvgIpc) is 2.73. The van der Waals surface area contributed by atoms with Gasteiger partial charge in [-0.2, -0.15) is 0 Å². The molecule has 36 heavy (non-hydrogen) atoms. The van der Waals surface area contributed by atoms with Gasteiger partial charge in [0.2, 0.25) is 17.7 Å². The van der Waals surface area contributed by atoms with Crippen molar-refractivity contribution < 1.29 is 23.9 Å². The highest BCUT2D eigenvalue weighted by Gasteiger charge is 2.39. The zero-order valence-corrected chi connectivity index (χ0v) is 23.0. The summed E-state index contributed by atoms with van der Waals surface area (Å²) < 4.78 is 5.31. The SMILES string of the molecule is CC(C)CCC(C)N(C(=O)C(CC(N)=O)NC(=O)OC(C)(C)C)C(C(=O)NC(C)C)c1ccccc1. The van der Waals surface area contributed by atoms with Gasteiger partial charge in [-0.05, 0) is 65.9 Å². The molecule has 0 aliphatic carbocycles. The second-order valence-electron chi connectivity index (χ2n) is 10.9. The number of carbonyl (C=O) groups is 4. The molecule has 9 nitrogen and oxygen atoms in total. The largest absolute Gasteiger partial charge is 0.444 e. The molecule has 0 aliphatic rings. The van der Waals surface area contributed by atoms with E-state index in [0.29, 0.717) is 17.9 Å². The maximum atomic E-state index is 14.0. The van der Waals surface area contributed by atoms with Crippen molar-refractivity contribution in [3.8, 4) is 0 Å². The number of primary amides is 1. The number of nitrogens with two attached hydrogens (primary N) is 1. The molecular weight excluding hydrogens is 460 g/mol. The van der Waals surface area contributed by atoms with Crippen molar-refractivity contribution in [3.63, 3.8) is 0 Å². The normalized spacial score (nSPS) is 14.1. The third-order valence-corrected chi connectivity index (χ3v) is 5.36. The van der Waals surface area contributed by atoms with Gasteiger partial charge in [-0.1, -0.05) is 44.2 Å². The van der Waals surface area contributed by atoms with Gasteiger partial charge >= 0.3 is 6.09 Å². The van der Waals surface area contributed by atoms with Crippen LogP contribution >= 0.6 is 0 Å². The molecule has 0 fully saturated rings. The first kappa shape index (κ1) is 30.9. The third-order valence-electron chi connectivity index (χ3n) is 5.36. The summed E-state index contributed by atoms with van der Waals surface area (Å²) in [7, 11) is 0. The van der Waals surface area contributed by atoms with E-state index in [1.54, 1.807) is 45.0 Å². The van der Waals surface area contributed by atoms with Gasteiger partial charge in [0.1, 0.15) is 17.7 Å². The number of nitrogens with one attached hydrogen (secondary N) is 2. The van der Waals surface area contributed by atoms with Crippen LogP contribution in [-0.4, -0.2) is 52.4 Å². The molecule has 3 atom stereocenters. The minimum atomic E-state index is -1.29. The molecule has 1 rings (SSSR count). The number of benzene rings is 1. The minimum absolute atomic E-state index is 0.159. The molecule has 0 spiro atoms. The lowest BCUT2D eigenvalue weighted by atomic mass is 9.96. The van der Waals surface area contributed by atoms with E-state index in [2.05, 4.69) is 24.5 Å². The Kier molecular flexibility index (Phi) is 11.9. The third kappa shape index (κ3) is 10.7. The molecule has 4 amide bonds. The summed E-state index contributed by atoms with van der Waals surface area (Å²) in [6.45, 7) is 14.8. The lowest BCUT2D eigenvalue weighted by molar-refractivity contribution is -0.146. The van der Waals surface area contributed by atoms with E-state index >= 15 is 0 Å². The monoisotopic (exact) mass is 504 g/mol. The fourth-order valence-electron chi connectivity index (χ4n) is 3.78. The summed E-state index contributed by atoms with van der Waals surface area (Å²) in [5.41, 5.74) is 5.25. The Balaban J connectivity index is 3.55. The zero-order valence-electron chi connectivity index (χ0n) is 23.0. The van der Waals surface area contributed by atoms with E-state index in [-0.39, 0.29) is 18.0 Å². The summed E-state index contributed by atoms with van der Waals surface area (Å²) in [5.74, 6) is -1.31. The van der Waals surface area contributed by atoms with E-state index in [4.69, 9.17) is 10.5 Å². The predicted molar refractivity (Wildman–Crippen MR) is 140 cm³/mol. The summed E-state index contributed by atoms with van der Waals surface area (Å²) in [4.78, 5) is 53.4. The molecule has 1 aromatic carbocycles. The van der Waals surface area contributed by atoms with E-state index in [9.17, 15) is 19.2 Å². The summed E-state index contributed by atoms with van der Waals surface area (Å²) in [6, 6.07) is 6.19. The predicted octanol–water partition coefficient (Wildman–Crippen LogP) is 3.67. The number of hydrogen-bond acceptors (Lipinski definition) is 5. The highest BCUT2D eigenvalue weighted by molar-refractivity contribution is 5.94. The van der Waals surface area contributed by atoms with Crippen molar-refractivity contribution in [2.24, 2.45) is 11.7 Å². The van der Waals surface area contributed by atoms with Crippen LogP contribution in [0.15, 0.2) is 30.3 Å². The number of nitrogens with zero attached hydrogens (tertiary/aromatic N) is 1. The first-order valence-electron chi connectivity index (χ1n) is 12.6. The minimum Gasteiger partial charge on any atom is -0.444 e. The molecule has 0 bridgehead atoms. The standard InChI is InChI=1S/C27H44N4O5/c1-17(2)14-15-19(5)31(23(24(33)29-18(3)4)20-12-10-9-11-13-20)25(34)21(16-22(28)32)30-26(35)36-27(6,7)8/h9-13,17-19,21,23H,14-16H2,1-8H3,(H2,28,32)(H,29,33)(H,30,35). The quantitative estimate of drug-likeness (QED) is 0.400. The number of hydrogen-bond donors (Lipinski definition) is 3. The van der Waals surface area contributed by atoms with E-state index in [0.717, 1.165) is 6.42 Å². The van der Waals surface area contributed by atoms with Crippen molar-refractivity contribution in [1.82, 2.24) is 15.5 Å². The summed E-state index contributed by atoms with van der Waals surface area (Å²) in [5, 5.41) is 5.42. The van der Waals surface area contributed by atoms with Crippen LogP contribution in [0.4, 0.5) is 4.79 Å². The van der Waals surface area contributed by atoms with Gasteiger partial charge in [0.25, 0.3) is 0 Å². The van der Waals surface area contributed by atoms with E-state index < -0.39 is 42.0 Å². The number of amides is 4. The highest BCUT2D eigenvalue weighted by Crippen LogP contribution is 2.28. The van der Waals surface area contributed by atoms with Gasteiger partial charge < -0.3 is 26.0 Å². The van der Waals surface area contributed by atoms with Crippen LogP contribution in [0.2, 0.25) is 0 Å². The Morgan fingerprint density at radius 2 is 1.53 bits per heavy atom. The van der Waals surface area contributed by atoms with Crippen LogP contribution in [0.25, 0.3) is 0 Å². The maximum absolute atomic E-state index is 14.0. The van der Waals surface area contributed by atoms with Crippen molar-refractivity contribution in [2.75, 3.05) is 0 Å². The van der Waals surface area contributed by atoms with Crippen LogP contribution in [0.3, 0.4) is 0 Å². The van der Waals surface area contributed by atoms with Crippen LogP contribution in [0.1, 0.15) is 86.3 Å². The second-order valence-corrected chi connectivity index (χ2v) is 10.9. The fourth-order valence-corrected chi connectivity index (χ4v) is 3.78. The Hall–Kier alpha value is -3.10. The topological polar surface area (TPSA) is 131 Å². The van der Waals surface area contributed by atoms with Gasteiger partial charge in [-0.15, -0.1) is 0 Å². The first-order chi connectivity index (χ1) is 16.6. The van der Waals surface area contributed by atoms with E-state index in [1.807, 2.05) is 26.8 Å². The lowest BCUT2D eigenvalue weighted by Crippen LogP contribution is -2.56. The van der Waals surface area contributed by atoms with Crippen LogP contribution in [0, 0.1) is 5.92 Å². The van der Waals surface area contributed by atoms with Gasteiger partial charge in [0.05, 0.1) is 6.42 Å². The molecule has 4 N–H and O–H groups in total. The van der Waals surface area contributed by atoms with Gasteiger partial charge in [0, 0.05) is 12.1 Å². The Bertz CT molecular complexity index is 880. The molecule has 9 heteroatoms. The average molecular weight is 505 g/mol. The molecule has 1 aromatic rings. The zero-order chi connectivity index (χ0) is 27.6. The molecular formula is C27H44N4O5. The highest BCUT2D eigenvalue weighted by atomic mass is 16.6. The molecule has 3 unspecified atom stereocenters. The van der Waals surface area contributed by atoms with Crippen molar-refractivity contribution in [3.05, 3.63) is 35.9 Å². The molecule has 0 saturated heterocycles. The fraction of sp³-hybridized carbons (Fsp3) is 0.630. The van der Waals surface area contributed by atoms with Crippen molar-refractivity contribution >= 4 is 23.8 Å². The Morgan fingerprint density at radius 3 is 2.00 bits per heavy atom. The molecule has 0 radical (unpaired) electrons. The summed E-state index contributed by atoms with van der Waals surface area (Å²) >= 11 is 0. The number of alkyl carbamates (subject to hydrolysis) is 1. The molecule has 0 heterocycles. The van der Waals surface area contributed by atoms with Crippen LogP contribution in [-0.2, 0) is 19.1 Å². The van der Waals surface area contributed by atoms with Gasteiger partial charge in [0.15, 0.2) is 0 Å². The second kappa shape index (κ2) is 13.8. The Labute approximate surface area is 215 Å². The van der Waals surface area contributed by atoms with Gasteiger partial charge in [-0.25, -0.2) is 4.79 Å². The van der Waals surface area contributed by atoms with E-state index in [1.165, 1.54) is 4.90 Å². The van der Waals surface area contributed by atoms with Crippen molar-refractivity contribution in [2.45, 2.75) is 104 Å². The Morgan fingerprint density at radius 1 is 0.944 bits per heavy atom. The molecule has 0 aromatic heterocycles. The number of ether oxygens (including phenoxy) is 1. The lowest BCUT2D eigenvalue weighted by Gasteiger charge is -2.39. The maximum Gasteiger partial charge on any atom is 0.408 e. The molecule has 0 aliphatic heterocycles. The summed E-state index contributed by atoms with van der Waals surface area (Å²) in [6.07, 6.45) is 0.161. The smallest absolute Gasteiger partial charge is 0.408 e. The van der Waals surface area contributed by atoms with Crippen LogP contribution in [0.5, 0.6) is 0 Å². The van der Waals surface area contributed by atoms with Gasteiger partial charge in [-0.3, -0.25) is 14.4 Å². The van der Waals surface area contributed by atoms with Crippen molar-refractivity contribution in [1.29, 1.82) is 0 Å². The number of rotatable bonds is 12. The first-order valence-corrected chi connectivity index (χ1v) is 12.6. The van der Waals surface area contributed by atoms with Crippen LogP contribution < -0.4 is 16.4 Å². The molecule has 0 saturated carbocycles.